The van der Waals surface area contributed by atoms with E-state index >= 15 is 0 Å². The molecule has 0 amide bonds. The van der Waals surface area contributed by atoms with Gasteiger partial charge in [0.2, 0.25) is 0 Å². The summed E-state index contributed by atoms with van der Waals surface area (Å²) in [5, 5.41) is 9.28. The molecule has 4 heteroatoms. The highest BCUT2D eigenvalue weighted by molar-refractivity contribution is 5.71. The average Bonchev–Trinajstić information content (AvgIpc) is 2.85. The number of carbonyl (C=O) groups is 1. The minimum Gasteiger partial charge on any atom is -0.480 e. The molecule has 1 aromatic rings. The standard InChI is InChI=1S/C16H22N2O2/c1-9(16(19)20)18-8-17-7-14(18)15-12-3-10-2-11(5-12)6-13(15)4-10/h7-13,15H,2-6H2,1H3,(H,19,20). The van der Waals surface area contributed by atoms with Gasteiger partial charge in [-0.2, -0.15) is 0 Å². The Morgan fingerprint density at radius 2 is 1.85 bits per heavy atom. The summed E-state index contributed by atoms with van der Waals surface area (Å²) in [5.41, 5.74) is 1.17. The Kier molecular flexibility index (Phi) is 2.69. The van der Waals surface area contributed by atoms with Crippen molar-refractivity contribution in [3.63, 3.8) is 0 Å². The molecule has 4 aliphatic carbocycles. The molecule has 20 heavy (non-hydrogen) atoms. The first-order valence-corrected chi connectivity index (χ1v) is 7.88. The third-order valence-corrected chi connectivity index (χ3v) is 6.04. The van der Waals surface area contributed by atoms with E-state index in [1.807, 2.05) is 10.8 Å². The van der Waals surface area contributed by atoms with Crippen LogP contribution < -0.4 is 0 Å². The zero-order valence-corrected chi connectivity index (χ0v) is 11.9. The van der Waals surface area contributed by atoms with Gasteiger partial charge in [0.15, 0.2) is 0 Å². The van der Waals surface area contributed by atoms with Crippen molar-refractivity contribution in [2.45, 2.75) is 51.0 Å². The van der Waals surface area contributed by atoms with E-state index in [0.29, 0.717) is 5.92 Å². The fourth-order valence-electron chi connectivity index (χ4n) is 5.42. The monoisotopic (exact) mass is 274 g/mol. The molecule has 4 aliphatic rings. The molecular formula is C16H22N2O2. The van der Waals surface area contributed by atoms with Gasteiger partial charge in [-0.05, 0) is 62.7 Å². The highest BCUT2D eigenvalue weighted by Crippen LogP contribution is 2.59. The molecule has 0 spiro atoms. The van der Waals surface area contributed by atoms with Crippen LogP contribution in [0.4, 0.5) is 0 Å². The predicted molar refractivity (Wildman–Crippen MR) is 74.4 cm³/mol. The Bertz CT molecular complexity index is 508. The van der Waals surface area contributed by atoms with Gasteiger partial charge in [-0.15, -0.1) is 0 Å². The number of imidazole rings is 1. The van der Waals surface area contributed by atoms with Crippen molar-refractivity contribution < 1.29 is 9.90 Å². The third-order valence-electron chi connectivity index (χ3n) is 6.04. The van der Waals surface area contributed by atoms with Gasteiger partial charge in [-0.3, -0.25) is 0 Å². The normalized spacial score (nSPS) is 40.0. The van der Waals surface area contributed by atoms with E-state index in [4.69, 9.17) is 0 Å². The summed E-state index contributed by atoms with van der Waals surface area (Å²) >= 11 is 0. The fourth-order valence-corrected chi connectivity index (χ4v) is 5.42. The van der Waals surface area contributed by atoms with Crippen molar-refractivity contribution in [3.05, 3.63) is 18.2 Å². The molecule has 1 aromatic heterocycles. The molecule has 4 saturated carbocycles. The lowest BCUT2D eigenvalue weighted by Crippen LogP contribution is -2.44. The molecule has 5 rings (SSSR count). The number of rotatable bonds is 3. The van der Waals surface area contributed by atoms with Crippen LogP contribution in [0.25, 0.3) is 0 Å². The zero-order chi connectivity index (χ0) is 13.9. The Balaban J connectivity index is 1.68. The maximum absolute atomic E-state index is 11.3. The summed E-state index contributed by atoms with van der Waals surface area (Å²) in [6, 6.07) is -0.510. The molecule has 0 aliphatic heterocycles. The van der Waals surface area contributed by atoms with Gasteiger partial charge in [0.25, 0.3) is 0 Å². The van der Waals surface area contributed by atoms with Crippen molar-refractivity contribution in [2.24, 2.45) is 23.7 Å². The number of hydrogen-bond donors (Lipinski definition) is 1. The lowest BCUT2D eigenvalue weighted by molar-refractivity contribution is -0.140. The van der Waals surface area contributed by atoms with Gasteiger partial charge in [-0.1, -0.05) is 0 Å². The van der Waals surface area contributed by atoms with Crippen LogP contribution in [-0.2, 0) is 4.79 Å². The van der Waals surface area contributed by atoms with Crippen molar-refractivity contribution in [2.75, 3.05) is 0 Å². The largest absolute Gasteiger partial charge is 0.480 e. The molecule has 4 bridgehead atoms. The van der Waals surface area contributed by atoms with Gasteiger partial charge in [0.05, 0.1) is 6.33 Å². The second kappa shape index (κ2) is 4.34. The van der Waals surface area contributed by atoms with Crippen molar-refractivity contribution in [1.29, 1.82) is 0 Å². The molecule has 108 valence electrons. The van der Waals surface area contributed by atoms with Crippen LogP contribution in [0.2, 0.25) is 0 Å². The first kappa shape index (κ1) is 12.4. The highest BCUT2D eigenvalue weighted by Gasteiger charge is 2.49. The number of aromatic nitrogens is 2. The molecular weight excluding hydrogens is 252 g/mol. The Labute approximate surface area is 119 Å². The number of carboxylic acids is 1. The van der Waals surface area contributed by atoms with Crippen molar-refractivity contribution >= 4 is 5.97 Å². The molecule has 1 atom stereocenters. The summed E-state index contributed by atoms with van der Waals surface area (Å²) in [6.45, 7) is 1.75. The Morgan fingerprint density at radius 3 is 2.40 bits per heavy atom. The van der Waals surface area contributed by atoms with E-state index in [2.05, 4.69) is 4.98 Å². The lowest BCUT2D eigenvalue weighted by Gasteiger charge is -2.54. The first-order valence-electron chi connectivity index (χ1n) is 7.88. The Morgan fingerprint density at radius 1 is 1.25 bits per heavy atom. The van der Waals surface area contributed by atoms with Crippen molar-refractivity contribution in [1.82, 2.24) is 9.55 Å². The van der Waals surface area contributed by atoms with Crippen LogP contribution in [0.3, 0.4) is 0 Å². The number of nitrogens with zero attached hydrogens (tertiary/aromatic N) is 2. The van der Waals surface area contributed by atoms with E-state index < -0.39 is 12.0 Å². The van der Waals surface area contributed by atoms with Gasteiger partial charge < -0.3 is 9.67 Å². The molecule has 0 saturated heterocycles. The number of aliphatic carboxylic acids is 1. The minimum atomic E-state index is -0.770. The summed E-state index contributed by atoms with van der Waals surface area (Å²) in [7, 11) is 0. The predicted octanol–water partition coefficient (Wildman–Crippen LogP) is 3.07. The molecule has 4 fully saturated rings. The molecule has 1 heterocycles. The van der Waals surface area contributed by atoms with Crippen molar-refractivity contribution in [3.8, 4) is 0 Å². The molecule has 1 unspecified atom stereocenters. The van der Waals surface area contributed by atoms with Crippen LogP contribution in [0.15, 0.2) is 12.5 Å². The van der Waals surface area contributed by atoms with Gasteiger partial charge >= 0.3 is 5.97 Å². The zero-order valence-electron chi connectivity index (χ0n) is 11.9. The quantitative estimate of drug-likeness (QED) is 0.921. The smallest absolute Gasteiger partial charge is 0.326 e. The molecule has 4 nitrogen and oxygen atoms in total. The topological polar surface area (TPSA) is 55.1 Å². The maximum atomic E-state index is 11.3. The van der Waals surface area contributed by atoms with Crippen LogP contribution >= 0.6 is 0 Å². The molecule has 0 radical (unpaired) electrons. The maximum Gasteiger partial charge on any atom is 0.326 e. The molecule has 0 aromatic carbocycles. The highest BCUT2D eigenvalue weighted by atomic mass is 16.4. The van der Waals surface area contributed by atoms with Crippen LogP contribution in [0.5, 0.6) is 0 Å². The third kappa shape index (κ3) is 1.73. The second-order valence-electron chi connectivity index (χ2n) is 7.20. The van der Waals surface area contributed by atoms with E-state index in [1.54, 1.807) is 13.3 Å². The number of hydrogen-bond acceptors (Lipinski definition) is 2. The van der Waals surface area contributed by atoms with Gasteiger partial charge in [0.1, 0.15) is 6.04 Å². The second-order valence-corrected chi connectivity index (χ2v) is 7.20. The summed E-state index contributed by atoms with van der Waals surface area (Å²) in [6.07, 6.45) is 10.5. The summed E-state index contributed by atoms with van der Waals surface area (Å²) < 4.78 is 1.90. The van der Waals surface area contributed by atoms with E-state index in [1.165, 1.54) is 37.8 Å². The lowest BCUT2D eigenvalue weighted by atomic mass is 9.51. The molecule has 1 N–H and O–H groups in total. The Hall–Kier alpha value is -1.32. The first-order chi connectivity index (χ1) is 9.63. The summed E-state index contributed by atoms with van der Waals surface area (Å²) in [5.74, 6) is 3.20. The van der Waals surface area contributed by atoms with Crippen LogP contribution in [-0.4, -0.2) is 20.6 Å². The fraction of sp³-hybridized carbons (Fsp3) is 0.750. The minimum absolute atomic E-state index is 0.510. The summed E-state index contributed by atoms with van der Waals surface area (Å²) in [4.78, 5) is 15.5. The number of carboxylic acid groups (broad SMARTS) is 1. The van der Waals surface area contributed by atoms with Gasteiger partial charge in [-0.25, -0.2) is 9.78 Å². The van der Waals surface area contributed by atoms with Crippen LogP contribution in [0.1, 0.15) is 56.7 Å². The average molecular weight is 274 g/mol. The SMILES string of the molecule is CC(C(=O)O)n1cncc1C1C2CC3CC(C2)CC1C3. The van der Waals surface area contributed by atoms with E-state index in [0.717, 1.165) is 23.7 Å². The van der Waals surface area contributed by atoms with E-state index in [9.17, 15) is 9.90 Å². The van der Waals surface area contributed by atoms with Crippen LogP contribution in [0, 0.1) is 23.7 Å². The van der Waals surface area contributed by atoms with E-state index in [-0.39, 0.29) is 0 Å². The van der Waals surface area contributed by atoms with Gasteiger partial charge in [0, 0.05) is 17.8 Å².